The molecule has 0 atom stereocenters. The number of amides is 1. The molecule has 3 N–H and O–H groups in total. The zero-order valence-electron chi connectivity index (χ0n) is 23.4. The van der Waals surface area contributed by atoms with E-state index in [-0.39, 0.29) is 5.91 Å². The lowest BCUT2D eigenvalue weighted by Gasteiger charge is -2.21. The first kappa shape index (κ1) is 27.2. The molecule has 2 aromatic carbocycles. The molecule has 0 aliphatic heterocycles. The third-order valence-corrected chi connectivity index (χ3v) is 8.19. The van der Waals surface area contributed by atoms with Crippen LogP contribution in [0.3, 0.4) is 0 Å². The molecule has 1 amide bonds. The first-order valence-corrected chi connectivity index (χ1v) is 15.3. The lowest BCUT2D eigenvalue weighted by atomic mass is 9.92. The van der Waals surface area contributed by atoms with Crippen molar-refractivity contribution in [2.75, 3.05) is 18.4 Å². The van der Waals surface area contributed by atoms with Crippen LogP contribution in [-0.2, 0) is 24.1 Å². The Morgan fingerprint density at radius 3 is 2.33 bits per heavy atom. The Kier molecular flexibility index (Phi) is 9.89. The number of nitrogens with one attached hydrogen (secondary N) is 3. The van der Waals surface area contributed by atoms with Gasteiger partial charge < -0.3 is 15.6 Å². The van der Waals surface area contributed by atoms with Crippen LogP contribution in [0, 0.1) is 0 Å². The molecule has 0 bridgehead atoms. The maximum atomic E-state index is 12.2. The van der Waals surface area contributed by atoms with Crippen LogP contribution in [0.1, 0.15) is 87.4 Å². The number of aromatic nitrogens is 2. The van der Waals surface area contributed by atoms with Gasteiger partial charge in [0.2, 0.25) is 5.91 Å². The molecule has 5 rings (SSSR count). The number of anilines is 1. The fourth-order valence-electron chi connectivity index (χ4n) is 6.00. The van der Waals surface area contributed by atoms with E-state index in [4.69, 9.17) is 4.98 Å². The molecule has 4 aromatic rings. The van der Waals surface area contributed by atoms with Crippen molar-refractivity contribution in [2.45, 2.75) is 89.9 Å². The number of aryl methyl sites for hydroxylation is 2. The van der Waals surface area contributed by atoms with E-state index in [0.29, 0.717) is 6.42 Å². The van der Waals surface area contributed by atoms with Crippen LogP contribution in [0.25, 0.3) is 21.8 Å². The number of nitrogens with zero attached hydrogens (tertiary/aromatic N) is 1. The second-order valence-corrected chi connectivity index (χ2v) is 11.1. The molecular weight excluding hydrogens is 480 g/mol. The number of benzene rings is 2. The third kappa shape index (κ3) is 7.40. The van der Waals surface area contributed by atoms with Crippen molar-refractivity contribution in [3.63, 3.8) is 0 Å². The van der Waals surface area contributed by atoms with Crippen molar-refractivity contribution in [3.8, 4) is 0 Å². The number of fused-ring (bicyclic) bond motifs is 3. The van der Waals surface area contributed by atoms with Gasteiger partial charge in [-0.15, -0.1) is 0 Å². The predicted octanol–water partition coefficient (Wildman–Crippen LogP) is 7.88. The van der Waals surface area contributed by atoms with Gasteiger partial charge in [-0.3, -0.25) is 9.78 Å². The second kappa shape index (κ2) is 14.2. The summed E-state index contributed by atoms with van der Waals surface area (Å²) in [5, 5.41) is 9.41. The number of aromatic amines is 1. The average molecular weight is 525 g/mol. The van der Waals surface area contributed by atoms with Gasteiger partial charge in [0.15, 0.2) is 0 Å². The minimum Gasteiger partial charge on any atom is -0.384 e. The summed E-state index contributed by atoms with van der Waals surface area (Å²) in [6.07, 6.45) is 18.1. The number of hydrogen-bond acceptors (Lipinski definition) is 3. The lowest BCUT2D eigenvalue weighted by molar-refractivity contribution is -0.121. The van der Waals surface area contributed by atoms with E-state index in [2.05, 4.69) is 52.0 Å². The summed E-state index contributed by atoms with van der Waals surface area (Å²) in [7, 11) is 0. The summed E-state index contributed by atoms with van der Waals surface area (Å²) in [5.74, 6) is 0.161. The molecule has 0 saturated heterocycles. The van der Waals surface area contributed by atoms with Crippen molar-refractivity contribution in [1.29, 1.82) is 0 Å². The topological polar surface area (TPSA) is 69.8 Å². The maximum Gasteiger partial charge on any atom is 0.220 e. The molecular formula is C34H44N4O. The van der Waals surface area contributed by atoms with Crippen molar-refractivity contribution in [3.05, 3.63) is 71.5 Å². The molecule has 1 aliphatic rings. The Labute approximate surface area is 233 Å². The molecule has 2 heterocycles. The van der Waals surface area contributed by atoms with E-state index in [9.17, 15) is 4.79 Å². The lowest BCUT2D eigenvalue weighted by Crippen LogP contribution is -2.24. The van der Waals surface area contributed by atoms with Gasteiger partial charge in [0.25, 0.3) is 0 Å². The highest BCUT2D eigenvalue weighted by Gasteiger charge is 2.17. The maximum absolute atomic E-state index is 12.2. The van der Waals surface area contributed by atoms with Crippen molar-refractivity contribution < 1.29 is 4.79 Å². The molecule has 0 saturated carbocycles. The quantitative estimate of drug-likeness (QED) is 0.139. The Bertz CT molecular complexity index is 1360. The highest BCUT2D eigenvalue weighted by molar-refractivity contribution is 5.93. The number of pyridine rings is 1. The van der Waals surface area contributed by atoms with Gasteiger partial charge in [0, 0.05) is 53.4 Å². The normalized spacial score (nSPS) is 13.0. The van der Waals surface area contributed by atoms with Gasteiger partial charge in [0.05, 0.1) is 5.52 Å². The number of rotatable bonds is 15. The smallest absolute Gasteiger partial charge is 0.220 e. The van der Waals surface area contributed by atoms with E-state index in [0.717, 1.165) is 49.8 Å². The summed E-state index contributed by atoms with van der Waals surface area (Å²) in [5.41, 5.74) is 7.62. The summed E-state index contributed by atoms with van der Waals surface area (Å²) in [4.78, 5) is 20.5. The molecule has 5 heteroatoms. The van der Waals surface area contributed by atoms with Crippen LogP contribution in [0.4, 0.5) is 5.69 Å². The zero-order chi connectivity index (χ0) is 26.7. The zero-order valence-corrected chi connectivity index (χ0v) is 23.4. The van der Waals surface area contributed by atoms with E-state index < -0.39 is 0 Å². The van der Waals surface area contributed by atoms with Gasteiger partial charge in [0.1, 0.15) is 0 Å². The summed E-state index contributed by atoms with van der Waals surface area (Å²) < 4.78 is 0. The molecule has 0 fully saturated rings. The number of para-hydroxylation sites is 2. The van der Waals surface area contributed by atoms with Crippen LogP contribution in [0.5, 0.6) is 0 Å². The van der Waals surface area contributed by atoms with Gasteiger partial charge >= 0.3 is 0 Å². The molecule has 2 aromatic heterocycles. The van der Waals surface area contributed by atoms with E-state index in [1.54, 1.807) is 0 Å². The van der Waals surface area contributed by atoms with Crippen LogP contribution < -0.4 is 10.6 Å². The molecule has 39 heavy (non-hydrogen) atoms. The van der Waals surface area contributed by atoms with Crippen LogP contribution in [0.2, 0.25) is 0 Å². The van der Waals surface area contributed by atoms with Crippen molar-refractivity contribution >= 4 is 33.4 Å². The Morgan fingerprint density at radius 2 is 1.49 bits per heavy atom. The fourth-order valence-corrected chi connectivity index (χ4v) is 6.00. The predicted molar refractivity (Wildman–Crippen MR) is 163 cm³/mol. The van der Waals surface area contributed by atoms with Gasteiger partial charge in [-0.1, -0.05) is 74.9 Å². The van der Waals surface area contributed by atoms with Gasteiger partial charge in [-0.05, 0) is 68.2 Å². The number of hydrogen-bond donors (Lipinski definition) is 3. The molecule has 0 unspecified atom stereocenters. The van der Waals surface area contributed by atoms with Crippen molar-refractivity contribution in [1.82, 2.24) is 15.3 Å². The first-order chi connectivity index (χ1) is 19.3. The number of H-pyrrole nitrogens is 1. The number of carbonyl (C=O) groups is 1. The van der Waals surface area contributed by atoms with Crippen LogP contribution >= 0.6 is 0 Å². The number of carbonyl (C=O) groups excluding carboxylic acids is 1. The third-order valence-electron chi connectivity index (χ3n) is 8.19. The summed E-state index contributed by atoms with van der Waals surface area (Å²) >= 11 is 0. The number of unbranched alkanes of at least 4 members (excludes halogenated alkanes) is 7. The monoisotopic (exact) mass is 524 g/mol. The van der Waals surface area contributed by atoms with E-state index in [1.165, 1.54) is 91.1 Å². The van der Waals surface area contributed by atoms with Crippen molar-refractivity contribution in [2.24, 2.45) is 0 Å². The van der Waals surface area contributed by atoms with Crippen LogP contribution in [-0.4, -0.2) is 29.0 Å². The molecule has 1 aliphatic carbocycles. The Morgan fingerprint density at radius 1 is 0.795 bits per heavy atom. The molecule has 0 spiro atoms. The summed E-state index contributed by atoms with van der Waals surface area (Å²) in [6, 6.07) is 16.9. The first-order valence-electron chi connectivity index (χ1n) is 15.3. The highest BCUT2D eigenvalue weighted by atomic mass is 16.1. The standard InChI is InChI=1S/C34H44N4O/c39-33(22-21-26-25-37-30-18-10-7-15-27(26)30)35-23-13-5-3-1-2-4-6-14-24-36-34-28-16-8-11-19-31(28)38-32-20-12-9-17-29(32)34/h7-8,10-11,15-16,18-19,25,37H,1-6,9,12-14,17,20-24H2,(H,35,39)(H,36,38). The SMILES string of the molecule is O=C(CCc1c[nH]c2ccccc12)NCCCCCCCCCCNc1c2c(nc3ccccc13)CCCC2. The minimum atomic E-state index is 0.161. The van der Waals surface area contributed by atoms with Gasteiger partial charge in [-0.25, -0.2) is 0 Å². The fraction of sp³-hybridized carbons (Fsp3) is 0.471. The molecule has 206 valence electrons. The van der Waals surface area contributed by atoms with E-state index in [1.807, 2.05) is 18.3 Å². The highest BCUT2D eigenvalue weighted by Crippen LogP contribution is 2.33. The van der Waals surface area contributed by atoms with E-state index >= 15 is 0 Å². The van der Waals surface area contributed by atoms with Crippen LogP contribution in [0.15, 0.2) is 54.7 Å². The summed E-state index contributed by atoms with van der Waals surface area (Å²) in [6.45, 7) is 1.84. The van der Waals surface area contributed by atoms with Gasteiger partial charge in [-0.2, -0.15) is 0 Å². The average Bonchev–Trinajstić information content (AvgIpc) is 3.39. The molecule has 0 radical (unpaired) electrons. The Balaban J connectivity index is 0.893. The Hall–Kier alpha value is -3.34. The molecule has 5 nitrogen and oxygen atoms in total. The minimum absolute atomic E-state index is 0.161. The largest absolute Gasteiger partial charge is 0.384 e. The second-order valence-electron chi connectivity index (χ2n) is 11.1.